The van der Waals surface area contributed by atoms with E-state index in [2.05, 4.69) is 51.3 Å². The molecule has 0 spiro atoms. The Kier molecular flexibility index (Phi) is 6.65. The fraction of sp³-hybridized carbons (Fsp3) is 0.593. The van der Waals surface area contributed by atoms with Crippen molar-refractivity contribution in [1.29, 1.82) is 5.26 Å². The van der Waals surface area contributed by atoms with E-state index in [4.69, 9.17) is 19.4 Å². The molecule has 6 rings (SSSR count). The number of nitriles is 1. The Balaban J connectivity index is 1.25. The maximum atomic E-state index is 9.24. The van der Waals surface area contributed by atoms with Gasteiger partial charge in [0.25, 0.3) is 0 Å². The molecule has 2 fully saturated rings. The quantitative estimate of drug-likeness (QED) is 0.628. The summed E-state index contributed by atoms with van der Waals surface area (Å²) in [7, 11) is 2.16. The molecule has 2 saturated heterocycles. The number of nitrogens with zero attached hydrogens (tertiary/aromatic N) is 6. The van der Waals surface area contributed by atoms with Crippen LogP contribution in [0.5, 0.6) is 11.8 Å². The van der Waals surface area contributed by atoms with Crippen LogP contribution in [0.15, 0.2) is 18.2 Å². The van der Waals surface area contributed by atoms with Crippen molar-refractivity contribution in [3.8, 4) is 17.8 Å². The standard InChI is InChI=1S/C27H35N7O2/c1-32-11-3-5-21(32)18-36-27-30-24-17-33(14-19-4-2-6-25-22(19)8-13-35-25)16-23(24)26(31-27)34-12-10-29-20(15-34)7-9-28/h2,4,6,20-21,29H,3,5,7-8,10-18H2,1H3. The topological polar surface area (TPSA) is 89.8 Å². The van der Waals surface area contributed by atoms with Crippen LogP contribution in [-0.4, -0.2) is 78.3 Å². The predicted molar refractivity (Wildman–Crippen MR) is 136 cm³/mol. The van der Waals surface area contributed by atoms with Gasteiger partial charge in [-0.05, 0) is 38.1 Å². The number of benzene rings is 1. The Hall–Kier alpha value is -2.93. The number of aromatic nitrogens is 2. The number of piperazine rings is 1. The summed E-state index contributed by atoms with van der Waals surface area (Å²) < 4.78 is 12.0. The zero-order valence-corrected chi connectivity index (χ0v) is 21.1. The number of hydrogen-bond acceptors (Lipinski definition) is 9. The van der Waals surface area contributed by atoms with E-state index in [-0.39, 0.29) is 6.04 Å². The summed E-state index contributed by atoms with van der Waals surface area (Å²) in [5.74, 6) is 2.00. The number of hydrogen-bond donors (Lipinski definition) is 1. The lowest BCUT2D eigenvalue weighted by molar-refractivity contribution is 0.187. The van der Waals surface area contributed by atoms with Gasteiger partial charge in [0.15, 0.2) is 0 Å². The summed E-state index contributed by atoms with van der Waals surface area (Å²) in [4.78, 5) is 17.0. The third-order valence-electron chi connectivity index (χ3n) is 8.01. The Morgan fingerprint density at radius 1 is 1.22 bits per heavy atom. The summed E-state index contributed by atoms with van der Waals surface area (Å²) in [6.45, 7) is 7.44. The molecule has 0 amide bonds. The van der Waals surface area contributed by atoms with Crippen LogP contribution in [0.2, 0.25) is 0 Å². The summed E-state index contributed by atoms with van der Waals surface area (Å²) >= 11 is 0. The molecule has 2 unspecified atom stereocenters. The van der Waals surface area contributed by atoms with Gasteiger partial charge in [0.2, 0.25) is 0 Å². The molecular weight excluding hydrogens is 454 g/mol. The lowest BCUT2D eigenvalue weighted by atomic mass is 10.0. The molecule has 9 nitrogen and oxygen atoms in total. The van der Waals surface area contributed by atoms with Crippen LogP contribution < -0.4 is 19.7 Å². The number of likely N-dealkylation sites (N-methyl/N-ethyl adjacent to an activating group) is 1. The maximum absolute atomic E-state index is 9.24. The van der Waals surface area contributed by atoms with Crippen LogP contribution in [0.1, 0.15) is 41.6 Å². The van der Waals surface area contributed by atoms with Crippen LogP contribution in [0, 0.1) is 11.3 Å². The second-order valence-electron chi connectivity index (χ2n) is 10.4. The summed E-state index contributed by atoms with van der Waals surface area (Å²) in [5, 5.41) is 12.7. The molecule has 1 aromatic carbocycles. The van der Waals surface area contributed by atoms with Crippen molar-refractivity contribution in [2.45, 2.75) is 57.4 Å². The molecule has 0 radical (unpaired) electrons. The molecule has 5 heterocycles. The van der Waals surface area contributed by atoms with Gasteiger partial charge in [-0.2, -0.15) is 15.2 Å². The number of nitrogens with one attached hydrogen (secondary N) is 1. The first-order valence-corrected chi connectivity index (χ1v) is 13.2. The molecule has 9 heteroatoms. The van der Waals surface area contributed by atoms with Gasteiger partial charge < -0.3 is 24.6 Å². The highest BCUT2D eigenvalue weighted by molar-refractivity contribution is 5.52. The van der Waals surface area contributed by atoms with Crippen LogP contribution >= 0.6 is 0 Å². The summed E-state index contributed by atoms with van der Waals surface area (Å²) in [5.41, 5.74) is 4.94. The fourth-order valence-electron chi connectivity index (χ4n) is 6.02. The van der Waals surface area contributed by atoms with Crippen molar-refractivity contribution in [3.63, 3.8) is 0 Å². The minimum Gasteiger partial charge on any atom is -0.493 e. The Labute approximate surface area is 213 Å². The first-order valence-electron chi connectivity index (χ1n) is 13.2. The van der Waals surface area contributed by atoms with Crippen molar-refractivity contribution in [3.05, 3.63) is 40.6 Å². The minimum absolute atomic E-state index is 0.148. The summed E-state index contributed by atoms with van der Waals surface area (Å²) in [6, 6.07) is 9.75. The number of fused-ring (bicyclic) bond motifs is 2. The molecule has 2 atom stereocenters. The van der Waals surface area contributed by atoms with E-state index in [0.717, 1.165) is 82.5 Å². The molecule has 1 aromatic heterocycles. The number of anilines is 1. The van der Waals surface area contributed by atoms with Gasteiger partial charge in [-0.1, -0.05) is 12.1 Å². The summed E-state index contributed by atoms with van der Waals surface area (Å²) in [6.07, 6.45) is 3.84. The predicted octanol–water partition coefficient (Wildman–Crippen LogP) is 2.09. The van der Waals surface area contributed by atoms with E-state index in [1.807, 2.05) is 0 Å². The van der Waals surface area contributed by atoms with E-state index in [1.165, 1.54) is 23.1 Å². The zero-order chi connectivity index (χ0) is 24.5. The van der Waals surface area contributed by atoms with E-state index in [0.29, 0.717) is 25.1 Å². The zero-order valence-electron chi connectivity index (χ0n) is 21.1. The van der Waals surface area contributed by atoms with Crippen LogP contribution in [0.4, 0.5) is 5.82 Å². The number of ether oxygens (including phenoxy) is 2. The highest BCUT2D eigenvalue weighted by Crippen LogP contribution is 2.35. The maximum Gasteiger partial charge on any atom is 0.318 e. The van der Waals surface area contributed by atoms with Crippen molar-refractivity contribution >= 4 is 5.82 Å². The third-order valence-corrected chi connectivity index (χ3v) is 8.01. The van der Waals surface area contributed by atoms with Crippen molar-refractivity contribution in [2.24, 2.45) is 0 Å². The van der Waals surface area contributed by atoms with Gasteiger partial charge >= 0.3 is 6.01 Å². The highest BCUT2D eigenvalue weighted by Gasteiger charge is 2.31. The Morgan fingerprint density at radius 2 is 2.17 bits per heavy atom. The second kappa shape index (κ2) is 10.2. The van der Waals surface area contributed by atoms with Crippen LogP contribution in [0.3, 0.4) is 0 Å². The SMILES string of the molecule is CN1CCCC1COc1nc2c(c(N3CCNC(CC#N)C3)n1)CN(Cc1cccc3c1CCO3)C2. The smallest absolute Gasteiger partial charge is 0.318 e. The van der Waals surface area contributed by atoms with Gasteiger partial charge in [0.05, 0.1) is 24.8 Å². The minimum atomic E-state index is 0.148. The number of likely N-dealkylation sites (tertiary alicyclic amines) is 1. The van der Waals surface area contributed by atoms with E-state index >= 15 is 0 Å². The average molecular weight is 490 g/mol. The van der Waals surface area contributed by atoms with Gasteiger partial charge in [0.1, 0.15) is 18.2 Å². The molecule has 190 valence electrons. The van der Waals surface area contributed by atoms with E-state index < -0.39 is 0 Å². The van der Waals surface area contributed by atoms with Gasteiger partial charge in [-0.3, -0.25) is 4.90 Å². The molecule has 4 aliphatic rings. The monoisotopic (exact) mass is 489 g/mol. The average Bonchev–Trinajstić information content (AvgIpc) is 3.62. The van der Waals surface area contributed by atoms with Crippen molar-refractivity contribution < 1.29 is 9.47 Å². The third kappa shape index (κ3) is 4.73. The Morgan fingerprint density at radius 3 is 3.03 bits per heavy atom. The van der Waals surface area contributed by atoms with Crippen molar-refractivity contribution in [1.82, 2.24) is 25.1 Å². The van der Waals surface area contributed by atoms with E-state index in [1.54, 1.807) is 0 Å². The van der Waals surface area contributed by atoms with Gasteiger partial charge in [-0.25, -0.2) is 0 Å². The first kappa shape index (κ1) is 23.5. The first-order chi connectivity index (χ1) is 17.7. The molecule has 4 aliphatic heterocycles. The van der Waals surface area contributed by atoms with Gasteiger partial charge in [0, 0.05) is 68.9 Å². The van der Waals surface area contributed by atoms with Crippen LogP contribution in [-0.2, 0) is 26.1 Å². The molecule has 36 heavy (non-hydrogen) atoms. The molecule has 2 aromatic rings. The number of rotatable bonds is 7. The van der Waals surface area contributed by atoms with Crippen molar-refractivity contribution in [2.75, 3.05) is 51.3 Å². The van der Waals surface area contributed by atoms with Gasteiger partial charge in [-0.15, -0.1) is 0 Å². The fourth-order valence-corrected chi connectivity index (χ4v) is 6.02. The molecule has 0 saturated carbocycles. The van der Waals surface area contributed by atoms with E-state index in [9.17, 15) is 5.26 Å². The normalized spacial score (nSPS) is 23.8. The molecular formula is C27H35N7O2. The second-order valence-corrected chi connectivity index (χ2v) is 10.4. The Bertz CT molecular complexity index is 1150. The molecule has 0 bridgehead atoms. The lowest BCUT2D eigenvalue weighted by Gasteiger charge is -2.34. The molecule has 1 N–H and O–H groups in total. The molecule has 0 aliphatic carbocycles. The lowest BCUT2D eigenvalue weighted by Crippen LogP contribution is -2.51. The largest absolute Gasteiger partial charge is 0.493 e. The highest BCUT2D eigenvalue weighted by atomic mass is 16.5. The van der Waals surface area contributed by atoms with Crippen LogP contribution in [0.25, 0.3) is 0 Å².